The minimum atomic E-state index is -1.23. The number of likely N-dealkylation sites (tertiary alicyclic amines) is 1. The number of epoxide rings is 1. The van der Waals surface area contributed by atoms with Crippen LogP contribution in [0.5, 0.6) is 0 Å². The minimum absolute atomic E-state index is 0.0927. The maximum atomic E-state index is 12.6. The summed E-state index contributed by atoms with van der Waals surface area (Å²) >= 11 is 0. The molecule has 0 saturated carbocycles. The summed E-state index contributed by atoms with van der Waals surface area (Å²) in [6, 6.07) is -2.41. The number of esters is 1. The van der Waals surface area contributed by atoms with E-state index in [1.54, 1.807) is 11.8 Å². The van der Waals surface area contributed by atoms with Crippen molar-refractivity contribution in [3.8, 4) is 0 Å². The number of rotatable bonds is 9. The first kappa shape index (κ1) is 26.8. The van der Waals surface area contributed by atoms with Gasteiger partial charge in [-0.15, -0.1) is 0 Å². The van der Waals surface area contributed by atoms with Gasteiger partial charge >= 0.3 is 12.0 Å². The van der Waals surface area contributed by atoms with Crippen LogP contribution in [0.25, 0.3) is 0 Å². The summed E-state index contributed by atoms with van der Waals surface area (Å²) in [7, 11) is 0. The summed E-state index contributed by atoms with van der Waals surface area (Å²) < 4.78 is 9.76. The van der Waals surface area contributed by atoms with E-state index in [0.29, 0.717) is 18.1 Å². The van der Waals surface area contributed by atoms with Crippen molar-refractivity contribution < 1.29 is 38.2 Å². The van der Waals surface area contributed by atoms with Crippen LogP contribution in [-0.2, 0) is 33.4 Å². The largest absolute Gasteiger partial charge is 0.464 e. The minimum Gasteiger partial charge on any atom is -0.464 e. The Morgan fingerprint density at radius 2 is 1.62 bits per heavy atom. The van der Waals surface area contributed by atoms with E-state index in [9.17, 15) is 28.8 Å². The Morgan fingerprint density at radius 3 is 2.21 bits per heavy atom. The van der Waals surface area contributed by atoms with Gasteiger partial charge in [0.15, 0.2) is 12.2 Å². The number of hydrogen-bond acceptors (Lipinski definition) is 8. The Labute approximate surface area is 196 Å². The van der Waals surface area contributed by atoms with Gasteiger partial charge in [-0.05, 0) is 40.0 Å². The van der Waals surface area contributed by atoms with E-state index in [1.807, 2.05) is 0 Å². The average molecular weight is 485 g/mol. The Balaban J connectivity index is 1.88. The maximum absolute atomic E-state index is 12.6. The molecule has 2 rings (SSSR count). The first-order valence-corrected chi connectivity index (χ1v) is 11.1. The molecule has 2 fully saturated rings. The Bertz CT molecular complexity index is 815. The quantitative estimate of drug-likeness (QED) is 0.160. The van der Waals surface area contributed by atoms with Crippen molar-refractivity contribution in [3.63, 3.8) is 0 Å². The van der Waals surface area contributed by atoms with Crippen LogP contribution in [0.2, 0.25) is 0 Å². The van der Waals surface area contributed by atoms with Crippen LogP contribution in [0, 0.1) is 0 Å². The van der Waals surface area contributed by atoms with Crippen LogP contribution in [0.1, 0.15) is 40.0 Å². The van der Waals surface area contributed by atoms with Crippen LogP contribution in [0.15, 0.2) is 0 Å². The molecule has 0 spiro atoms. The van der Waals surface area contributed by atoms with Gasteiger partial charge < -0.3 is 30.7 Å². The second-order valence-corrected chi connectivity index (χ2v) is 8.05. The molecule has 2 aliphatic heterocycles. The zero-order chi connectivity index (χ0) is 25.4. The number of piperidine rings is 1. The highest BCUT2D eigenvalue weighted by Crippen LogP contribution is 2.25. The molecule has 0 aliphatic carbocycles. The molecule has 4 atom stereocenters. The second-order valence-electron chi connectivity index (χ2n) is 8.05. The van der Waals surface area contributed by atoms with Crippen molar-refractivity contribution in [3.05, 3.63) is 0 Å². The predicted molar refractivity (Wildman–Crippen MR) is 115 cm³/mol. The van der Waals surface area contributed by atoms with E-state index >= 15 is 0 Å². The summed E-state index contributed by atoms with van der Waals surface area (Å²) in [6.07, 6.45) is 0.490. The molecule has 14 nitrogen and oxygen atoms in total. The van der Waals surface area contributed by atoms with Crippen molar-refractivity contribution in [2.24, 2.45) is 5.73 Å². The fourth-order valence-electron chi connectivity index (χ4n) is 3.26. The maximum Gasteiger partial charge on any atom is 0.338 e. The van der Waals surface area contributed by atoms with Gasteiger partial charge in [0, 0.05) is 13.1 Å². The number of carbonyl (C=O) groups is 6. The zero-order valence-electron chi connectivity index (χ0n) is 19.5. The van der Waals surface area contributed by atoms with Crippen LogP contribution < -0.4 is 21.8 Å². The Morgan fingerprint density at radius 1 is 1.00 bits per heavy atom. The van der Waals surface area contributed by atoms with Crippen molar-refractivity contribution in [2.45, 2.75) is 64.3 Å². The van der Waals surface area contributed by atoms with E-state index < -0.39 is 60.4 Å². The first-order valence-electron chi connectivity index (χ1n) is 11.1. The van der Waals surface area contributed by atoms with E-state index in [2.05, 4.69) is 16.1 Å². The van der Waals surface area contributed by atoms with Crippen LogP contribution in [0.4, 0.5) is 4.79 Å². The van der Waals surface area contributed by atoms with Gasteiger partial charge in [0.2, 0.25) is 11.8 Å². The lowest BCUT2D eigenvalue weighted by Gasteiger charge is -2.28. The van der Waals surface area contributed by atoms with Crippen molar-refractivity contribution in [1.29, 1.82) is 0 Å². The lowest BCUT2D eigenvalue weighted by atomic mass is 10.1. The highest BCUT2D eigenvalue weighted by Gasteiger charge is 2.53. The molecular weight excluding hydrogens is 452 g/mol. The summed E-state index contributed by atoms with van der Waals surface area (Å²) in [5, 5.41) is 5.64. The average Bonchev–Trinajstić information content (AvgIpc) is 3.59. The smallest absolute Gasteiger partial charge is 0.338 e. The molecule has 0 radical (unpaired) electrons. The van der Waals surface area contributed by atoms with E-state index in [0.717, 1.165) is 19.3 Å². The third-order valence-corrected chi connectivity index (χ3v) is 5.21. The third-order valence-electron chi connectivity index (χ3n) is 5.21. The number of hydrogen-bond donors (Lipinski definition) is 4. The van der Waals surface area contributed by atoms with E-state index in [1.165, 1.54) is 13.8 Å². The highest BCUT2D eigenvalue weighted by atomic mass is 16.6. The number of nitrogens with two attached hydrogens (primary N) is 1. The zero-order valence-corrected chi connectivity index (χ0v) is 19.5. The van der Waals surface area contributed by atoms with Gasteiger partial charge in [-0.2, -0.15) is 0 Å². The Kier molecular flexibility index (Phi) is 9.59. The van der Waals surface area contributed by atoms with Crippen LogP contribution in [-0.4, -0.2) is 96.1 Å². The molecule has 0 unspecified atom stereocenters. The molecule has 5 N–H and O–H groups in total. The standard InChI is InChI=1S/C20H32N6O8/c1-4-33-19(31)15-14(34-15)18(30)26(10-13(21)27)24-17(29)12(3)22-16(28)11(2)23-20(32)25-8-6-5-7-9-25/h11-12,14-15H,4-10H2,1-3H3,(H2,21,27)(H,22,28)(H,23,32)(H,24,29)/t11-,12+,14+,15+/m1/s1. The summed E-state index contributed by atoms with van der Waals surface area (Å²) in [5.41, 5.74) is 7.34. The number of carbonyl (C=O) groups excluding carboxylic acids is 6. The molecule has 6 amide bonds. The fraction of sp³-hybridized carbons (Fsp3) is 0.700. The molecular formula is C20H32N6O8. The van der Waals surface area contributed by atoms with Gasteiger partial charge in [0.1, 0.15) is 18.6 Å². The number of ether oxygens (including phenoxy) is 2. The van der Waals surface area contributed by atoms with Gasteiger partial charge in [0.25, 0.3) is 11.8 Å². The summed E-state index contributed by atoms with van der Waals surface area (Å²) in [4.78, 5) is 74.4. The highest BCUT2D eigenvalue weighted by molar-refractivity contribution is 5.96. The monoisotopic (exact) mass is 484 g/mol. The Hall–Kier alpha value is -3.42. The van der Waals surface area contributed by atoms with E-state index in [4.69, 9.17) is 15.2 Å². The number of urea groups is 1. The predicted octanol–water partition coefficient (Wildman–Crippen LogP) is -2.25. The summed E-state index contributed by atoms with van der Waals surface area (Å²) in [6.45, 7) is 5.07. The number of primary amides is 1. The van der Waals surface area contributed by atoms with Crippen molar-refractivity contribution in [1.82, 2.24) is 26.0 Å². The molecule has 0 bridgehead atoms. The van der Waals surface area contributed by atoms with Crippen molar-refractivity contribution >= 4 is 35.6 Å². The van der Waals surface area contributed by atoms with Gasteiger partial charge in [0.05, 0.1) is 6.61 Å². The number of nitrogens with zero attached hydrogens (tertiary/aromatic N) is 2. The molecule has 2 heterocycles. The number of hydrazine groups is 1. The normalized spacial score (nSPS) is 20.9. The number of amides is 6. The SMILES string of the molecule is CCOC(=O)[C@H]1O[C@@H]1C(=O)N(CC(N)=O)NC(=O)[C@H](C)NC(=O)[C@@H](C)NC(=O)N1CCCCC1. The molecule has 34 heavy (non-hydrogen) atoms. The molecule has 0 aromatic carbocycles. The van der Waals surface area contributed by atoms with Crippen LogP contribution in [0.3, 0.4) is 0 Å². The van der Waals surface area contributed by atoms with Crippen LogP contribution >= 0.6 is 0 Å². The fourth-order valence-corrected chi connectivity index (χ4v) is 3.26. The number of nitrogens with one attached hydrogen (secondary N) is 3. The van der Waals surface area contributed by atoms with Gasteiger partial charge in [-0.1, -0.05) is 0 Å². The molecule has 14 heteroatoms. The molecule has 190 valence electrons. The second kappa shape index (κ2) is 12.2. The van der Waals surface area contributed by atoms with Gasteiger partial charge in [-0.3, -0.25) is 24.6 Å². The van der Waals surface area contributed by atoms with E-state index in [-0.39, 0.29) is 12.6 Å². The molecule has 0 aromatic heterocycles. The first-order chi connectivity index (χ1) is 16.0. The molecule has 2 aliphatic rings. The lowest BCUT2D eigenvalue weighted by Crippen LogP contribution is -2.58. The topological polar surface area (TPSA) is 193 Å². The third kappa shape index (κ3) is 7.57. The molecule has 2 saturated heterocycles. The molecule has 0 aromatic rings. The van der Waals surface area contributed by atoms with Crippen molar-refractivity contribution in [2.75, 3.05) is 26.2 Å². The van der Waals surface area contributed by atoms with Gasteiger partial charge in [-0.25, -0.2) is 14.6 Å². The summed E-state index contributed by atoms with van der Waals surface area (Å²) in [5.74, 6) is -3.98. The lowest BCUT2D eigenvalue weighted by molar-refractivity contribution is -0.146.